The Morgan fingerprint density at radius 1 is 0.517 bits per heavy atom. The Morgan fingerprint density at radius 2 is 0.828 bits per heavy atom. The normalized spacial score (nSPS) is 11.2. The summed E-state index contributed by atoms with van der Waals surface area (Å²) in [5.41, 5.74) is 0. The van der Waals surface area contributed by atoms with Gasteiger partial charge in [0.05, 0.1) is 13.0 Å². The van der Waals surface area contributed by atoms with Crippen molar-refractivity contribution in [2.45, 2.75) is 148 Å². The Labute approximate surface area is 182 Å². The molecule has 0 saturated carbocycles. The van der Waals surface area contributed by atoms with Crippen molar-refractivity contribution in [3.8, 4) is 0 Å². The van der Waals surface area contributed by atoms with Gasteiger partial charge in [0.15, 0.2) is 0 Å². The van der Waals surface area contributed by atoms with Crippen LogP contribution in [0, 0.1) is 0 Å². The van der Waals surface area contributed by atoms with Gasteiger partial charge >= 0.3 is 5.97 Å². The van der Waals surface area contributed by atoms with Gasteiger partial charge in [0.1, 0.15) is 0 Å². The quantitative estimate of drug-likeness (QED) is 0.152. The van der Waals surface area contributed by atoms with Gasteiger partial charge in [-0.15, -0.1) is 0 Å². The maximum Gasteiger partial charge on any atom is 0.305 e. The fourth-order valence-electron chi connectivity index (χ4n) is 3.90. The van der Waals surface area contributed by atoms with E-state index in [4.69, 9.17) is 9.84 Å². The number of carbonyl (C=O) groups is 1. The smallest absolute Gasteiger partial charge is 0.305 e. The van der Waals surface area contributed by atoms with E-state index in [1.165, 1.54) is 128 Å². The second-order valence-corrected chi connectivity index (χ2v) is 8.83. The summed E-state index contributed by atoms with van der Waals surface area (Å²) >= 11 is 0. The standard InChI is InChI=1S/C26H52O3/c1-2-3-4-5-6-7-8-9-10-11-12-13-14-15-16-17-18-19-20-21-22-24-29-25-23-26(27)28/h2-25H2,1H3,(H,27,28). The molecule has 0 aromatic rings. The minimum Gasteiger partial charge on any atom is -0.481 e. The Balaban J connectivity index is 2.99. The third-order valence-electron chi connectivity index (χ3n) is 5.85. The predicted octanol–water partition coefficient (Wildman–Crippen LogP) is 8.69. The van der Waals surface area contributed by atoms with E-state index in [2.05, 4.69) is 6.92 Å². The Bertz CT molecular complexity index is 317. The molecule has 0 spiro atoms. The van der Waals surface area contributed by atoms with Gasteiger partial charge in [-0.25, -0.2) is 0 Å². The third kappa shape index (κ3) is 27.4. The van der Waals surface area contributed by atoms with Crippen molar-refractivity contribution in [2.75, 3.05) is 13.2 Å². The highest BCUT2D eigenvalue weighted by molar-refractivity contribution is 5.66. The molecule has 0 atom stereocenters. The molecule has 1 N–H and O–H groups in total. The SMILES string of the molecule is CCCCCCCCCCCCCCCCCCCCCCCOCCC(=O)O. The monoisotopic (exact) mass is 412 g/mol. The van der Waals surface area contributed by atoms with E-state index >= 15 is 0 Å². The summed E-state index contributed by atoms with van der Waals surface area (Å²) in [5, 5.41) is 8.51. The predicted molar refractivity (Wildman–Crippen MR) is 126 cm³/mol. The van der Waals surface area contributed by atoms with Crippen molar-refractivity contribution in [3.05, 3.63) is 0 Å². The molecule has 3 nitrogen and oxygen atoms in total. The van der Waals surface area contributed by atoms with Crippen molar-refractivity contribution >= 4 is 5.97 Å². The van der Waals surface area contributed by atoms with Crippen LogP contribution in [0.5, 0.6) is 0 Å². The lowest BCUT2D eigenvalue weighted by molar-refractivity contribution is -0.138. The van der Waals surface area contributed by atoms with E-state index in [0.29, 0.717) is 13.2 Å². The second kappa shape index (κ2) is 25.5. The lowest BCUT2D eigenvalue weighted by Gasteiger charge is -2.04. The molecule has 0 unspecified atom stereocenters. The number of carboxylic acids is 1. The topological polar surface area (TPSA) is 46.5 Å². The maximum absolute atomic E-state index is 10.3. The summed E-state index contributed by atoms with van der Waals surface area (Å²) in [6.07, 6.45) is 29.4. The summed E-state index contributed by atoms with van der Waals surface area (Å²) in [6, 6.07) is 0. The molecular formula is C26H52O3. The van der Waals surface area contributed by atoms with Gasteiger partial charge in [-0.2, -0.15) is 0 Å². The molecule has 0 aromatic heterocycles. The lowest BCUT2D eigenvalue weighted by atomic mass is 10.0. The van der Waals surface area contributed by atoms with Gasteiger partial charge in [-0.3, -0.25) is 4.79 Å². The number of aliphatic carboxylic acids is 1. The van der Waals surface area contributed by atoms with Gasteiger partial charge in [0.25, 0.3) is 0 Å². The molecule has 29 heavy (non-hydrogen) atoms. The van der Waals surface area contributed by atoms with Crippen LogP contribution >= 0.6 is 0 Å². The van der Waals surface area contributed by atoms with Crippen LogP contribution in [0.2, 0.25) is 0 Å². The van der Waals surface area contributed by atoms with E-state index in [0.717, 1.165) is 6.42 Å². The van der Waals surface area contributed by atoms with Gasteiger partial charge in [-0.05, 0) is 6.42 Å². The highest BCUT2D eigenvalue weighted by Gasteiger charge is 1.97. The van der Waals surface area contributed by atoms with Gasteiger partial charge < -0.3 is 9.84 Å². The fourth-order valence-corrected chi connectivity index (χ4v) is 3.90. The van der Waals surface area contributed by atoms with Gasteiger partial charge in [-0.1, -0.05) is 135 Å². The highest BCUT2D eigenvalue weighted by atomic mass is 16.5. The van der Waals surface area contributed by atoms with Crippen LogP contribution in [-0.2, 0) is 9.53 Å². The first-order valence-electron chi connectivity index (χ1n) is 13.1. The van der Waals surface area contributed by atoms with Crippen LogP contribution in [0.3, 0.4) is 0 Å². The van der Waals surface area contributed by atoms with E-state index in [1.54, 1.807) is 0 Å². The Morgan fingerprint density at radius 3 is 1.14 bits per heavy atom. The van der Waals surface area contributed by atoms with Gasteiger partial charge in [0, 0.05) is 6.61 Å². The molecule has 0 aliphatic carbocycles. The van der Waals surface area contributed by atoms with Crippen molar-refractivity contribution in [1.82, 2.24) is 0 Å². The zero-order valence-electron chi connectivity index (χ0n) is 19.7. The van der Waals surface area contributed by atoms with E-state index < -0.39 is 5.97 Å². The number of rotatable bonds is 25. The summed E-state index contributed by atoms with van der Waals surface area (Å²) in [6.45, 7) is 3.36. The molecule has 0 amide bonds. The first kappa shape index (κ1) is 28.4. The minimum atomic E-state index is -0.774. The summed E-state index contributed by atoms with van der Waals surface area (Å²) in [7, 11) is 0. The van der Waals surface area contributed by atoms with Crippen molar-refractivity contribution < 1.29 is 14.6 Å². The first-order valence-corrected chi connectivity index (χ1v) is 13.1. The fraction of sp³-hybridized carbons (Fsp3) is 0.962. The minimum absolute atomic E-state index is 0.124. The molecule has 0 radical (unpaired) electrons. The van der Waals surface area contributed by atoms with Crippen LogP contribution in [-0.4, -0.2) is 24.3 Å². The molecule has 0 fully saturated rings. The first-order chi connectivity index (χ1) is 14.3. The molecular weight excluding hydrogens is 360 g/mol. The average Bonchev–Trinajstić information content (AvgIpc) is 2.71. The zero-order valence-corrected chi connectivity index (χ0v) is 19.7. The molecule has 0 bridgehead atoms. The summed E-state index contributed by atoms with van der Waals surface area (Å²) < 4.78 is 5.30. The molecule has 0 aromatic carbocycles. The van der Waals surface area contributed by atoms with Crippen molar-refractivity contribution in [3.63, 3.8) is 0 Å². The van der Waals surface area contributed by atoms with Crippen LogP contribution < -0.4 is 0 Å². The molecule has 0 aliphatic heterocycles. The Hall–Kier alpha value is -0.570. The van der Waals surface area contributed by atoms with Crippen LogP contribution in [0.15, 0.2) is 0 Å². The largest absolute Gasteiger partial charge is 0.481 e. The molecule has 174 valence electrons. The maximum atomic E-state index is 10.3. The number of carboxylic acid groups (broad SMARTS) is 1. The number of hydrogen-bond donors (Lipinski definition) is 1. The van der Waals surface area contributed by atoms with Crippen molar-refractivity contribution in [1.29, 1.82) is 0 Å². The van der Waals surface area contributed by atoms with Crippen LogP contribution in [0.25, 0.3) is 0 Å². The van der Waals surface area contributed by atoms with E-state index in [1.807, 2.05) is 0 Å². The third-order valence-corrected chi connectivity index (χ3v) is 5.85. The van der Waals surface area contributed by atoms with E-state index in [-0.39, 0.29) is 6.42 Å². The summed E-state index contributed by atoms with van der Waals surface area (Å²) in [4.78, 5) is 10.3. The van der Waals surface area contributed by atoms with Crippen LogP contribution in [0.1, 0.15) is 148 Å². The Kier molecular flexibility index (Phi) is 25.0. The number of ether oxygens (including phenoxy) is 1. The van der Waals surface area contributed by atoms with Crippen LogP contribution in [0.4, 0.5) is 0 Å². The number of hydrogen-bond acceptors (Lipinski definition) is 2. The second-order valence-electron chi connectivity index (χ2n) is 8.83. The van der Waals surface area contributed by atoms with Gasteiger partial charge in [0.2, 0.25) is 0 Å². The lowest BCUT2D eigenvalue weighted by Crippen LogP contribution is -2.03. The molecule has 0 aliphatic rings. The zero-order chi connectivity index (χ0) is 21.3. The molecule has 0 saturated heterocycles. The molecule has 0 heterocycles. The van der Waals surface area contributed by atoms with Crippen molar-refractivity contribution in [2.24, 2.45) is 0 Å². The van der Waals surface area contributed by atoms with E-state index in [9.17, 15) is 4.79 Å². The highest BCUT2D eigenvalue weighted by Crippen LogP contribution is 2.15. The average molecular weight is 413 g/mol. The molecule has 0 rings (SSSR count). The number of unbranched alkanes of at least 4 members (excludes halogenated alkanes) is 20. The molecule has 3 heteroatoms. The summed E-state index contributed by atoms with van der Waals surface area (Å²) in [5.74, 6) is -0.774.